The van der Waals surface area contributed by atoms with E-state index in [-0.39, 0.29) is 17.4 Å². The molecule has 0 unspecified atom stereocenters. The standard InChI is InChI=1S/C26H27ClF3N7O2/c1-14-21(27)23(25(2,3)38)37(34-14)20-12-19(31)33-24-18(10-11-32-20)22(35-36(24)13-15-4-5-15)16-6-8-17(9-7-16)39-26(28,29)30/h6-9,11-12,15,38H,4-5,10,13H2,1-3H3,(H2,31,33)/b20-12+,32-11-. The van der Waals surface area contributed by atoms with Crippen LogP contribution in [0.2, 0.25) is 5.02 Å². The number of ether oxygens (including phenoxy) is 1. The molecular weight excluding hydrogens is 535 g/mol. The summed E-state index contributed by atoms with van der Waals surface area (Å²) in [5.74, 6) is 1.04. The Kier molecular flexibility index (Phi) is 6.79. The first kappa shape index (κ1) is 26.9. The van der Waals surface area contributed by atoms with E-state index in [9.17, 15) is 18.3 Å². The lowest BCUT2D eigenvalue weighted by Crippen LogP contribution is -2.22. The minimum absolute atomic E-state index is 0.00805. The Labute approximate surface area is 227 Å². The van der Waals surface area contributed by atoms with E-state index in [1.54, 1.807) is 31.7 Å². The zero-order valence-corrected chi connectivity index (χ0v) is 22.2. The van der Waals surface area contributed by atoms with Gasteiger partial charge in [0.15, 0.2) is 5.82 Å². The molecule has 13 heteroatoms. The molecule has 9 nitrogen and oxygen atoms in total. The van der Waals surface area contributed by atoms with E-state index in [1.807, 2.05) is 0 Å². The molecular formula is C26H27ClF3N7O2. The molecule has 1 aliphatic carbocycles. The summed E-state index contributed by atoms with van der Waals surface area (Å²) >= 11 is 6.45. The van der Waals surface area contributed by atoms with E-state index in [1.165, 1.54) is 35.0 Å². The average Bonchev–Trinajstić information content (AvgIpc) is 3.49. The Morgan fingerprint density at radius 1 is 1.18 bits per heavy atom. The normalized spacial score (nSPS) is 18.4. The van der Waals surface area contributed by atoms with Gasteiger partial charge >= 0.3 is 6.36 Å². The van der Waals surface area contributed by atoms with Gasteiger partial charge in [0, 0.05) is 36.4 Å². The summed E-state index contributed by atoms with van der Waals surface area (Å²) in [5, 5.41) is 32.1. The summed E-state index contributed by atoms with van der Waals surface area (Å²) in [7, 11) is 0. The van der Waals surface area contributed by atoms with E-state index in [0.29, 0.717) is 52.4 Å². The number of hydrogen-bond acceptors (Lipinski definition) is 6. The second-order valence-electron chi connectivity index (χ2n) is 10.1. The van der Waals surface area contributed by atoms with Gasteiger partial charge in [0.1, 0.15) is 23.0 Å². The molecule has 0 saturated heterocycles. The van der Waals surface area contributed by atoms with Gasteiger partial charge in [-0.25, -0.2) is 14.4 Å². The highest BCUT2D eigenvalue weighted by atomic mass is 35.5. The van der Waals surface area contributed by atoms with Crippen molar-refractivity contribution in [3.63, 3.8) is 0 Å². The van der Waals surface area contributed by atoms with Gasteiger partial charge in [0.05, 0.1) is 22.1 Å². The minimum atomic E-state index is -4.78. The third kappa shape index (κ3) is 5.86. The van der Waals surface area contributed by atoms with Gasteiger partial charge in [0.2, 0.25) is 0 Å². The molecule has 39 heavy (non-hydrogen) atoms. The van der Waals surface area contributed by atoms with Crippen LogP contribution in [-0.2, 0) is 18.6 Å². The zero-order valence-electron chi connectivity index (χ0n) is 21.5. The van der Waals surface area contributed by atoms with Crippen LogP contribution < -0.4 is 10.1 Å². The maximum atomic E-state index is 12.6. The Morgan fingerprint density at radius 2 is 1.87 bits per heavy atom. The lowest BCUT2D eigenvalue weighted by atomic mass is 10.1. The van der Waals surface area contributed by atoms with Crippen molar-refractivity contribution < 1.29 is 23.0 Å². The molecule has 206 valence electrons. The van der Waals surface area contributed by atoms with Crippen LogP contribution in [0.15, 0.2) is 35.3 Å². The number of aryl methyl sites for hydroxylation is 1. The van der Waals surface area contributed by atoms with Crippen LogP contribution in [0.5, 0.6) is 5.75 Å². The van der Waals surface area contributed by atoms with Gasteiger partial charge in [-0.2, -0.15) is 10.2 Å². The maximum absolute atomic E-state index is 12.6. The molecule has 0 radical (unpaired) electrons. The Balaban J connectivity index is 1.55. The SMILES string of the molecule is Cc1nn(C2=C/C(=N)Nc3c(c(-c4ccc(OC(F)(F)F)cc4)nn3CC3CC3)C/C=N\2)c(C(C)(C)O)c1Cl. The third-order valence-electron chi connectivity index (χ3n) is 6.37. The van der Waals surface area contributed by atoms with Gasteiger partial charge in [-0.1, -0.05) is 11.6 Å². The van der Waals surface area contributed by atoms with E-state index < -0.39 is 12.0 Å². The second-order valence-corrected chi connectivity index (χ2v) is 10.5. The molecule has 0 spiro atoms. The molecule has 0 amide bonds. The highest BCUT2D eigenvalue weighted by molar-refractivity contribution is 6.32. The monoisotopic (exact) mass is 561 g/mol. The second kappa shape index (κ2) is 9.83. The maximum Gasteiger partial charge on any atom is 0.573 e. The minimum Gasteiger partial charge on any atom is -0.406 e. The van der Waals surface area contributed by atoms with Crippen molar-refractivity contribution in [1.29, 1.82) is 5.41 Å². The summed E-state index contributed by atoms with van der Waals surface area (Å²) < 4.78 is 45.1. The Morgan fingerprint density at radius 3 is 2.49 bits per heavy atom. The largest absolute Gasteiger partial charge is 0.573 e. The van der Waals surface area contributed by atoms with Crippen LogP contribution in [0, 0.1) is 18.3 Å². The van der Waals surface area contributed by atoms with Crippen molar-refractivity contribution in [3.05, 3.63) is 52.3 Å². The van der Waals surface area contributed by atoms with Crippen molar-refractivity contribution in [1.82, 2.24) is 19.6 Å². The molecule has 2 aliphatic rings. The van der Waals surface area contributed by atoms with Gasteiger partial charge in [-0.15, -0.1) is 13.2 Å². The van der Waals surface area contributed by atoms with Crippen LogP contribution in [-0.4, -0.2) is 43.1 Å². The van der Waals surface area contributed by atoms with Crippen molar-refractivity contribution in [2.45, 2.75) is 58.5 Å². The van der Waals surface area contributed by atoms with Crippen LogP contribution >= 0.6 is 11.6 Å². The number of nitrogens with zero attached hydrogens (tertiary/aromatic N) is 5. The average molecular weight is 562 g/mol. The summed E-state index contributed by atoms with van der Waals surface area (Å²) in [5.41, 5.74) is 1.42. The number of rotatable bonds is 6. The number of halogens is 4. The zero-order chi connectivity index (χ0) is 28.1. The number of aromatic nitrogens is 4. The number of aliphatic hydroxyl groups is 1. The predicted octanol–water partition coefficient (Wildman–Crippen LogP) is 5.76. The first-order valence-electron chi connectivity index (χ1n) is 12.3. The van der Waals surface area contributed by atoms with Gasteiger partial charge in [-0.3, -0.25) is 5.41 Å². The molecule has 5 rings (SSSR count). The van der Waals surface area contributed by atoms with Crippen LogP contribution in [0.3, 0.4) is 0 Å². The fourth-order valence-electron chi connectivity index (χ4n) is 4.43. The van der Waals surface area contributed by atoms with Gasteiger partial charge in [-0.05, 0) is 63.8 Å². The van der Waals surface area contributed by atoms with E-state index in [4.69, 9.17) is 22.1 Å². The number of nitrogens with one attached hydrogen (secondary N) is 2. The van der Waals surface area contributed by atoms with Crippen LogP contribution in [0.25, 0.3) is 17.1 Å². The first-order chi connectivity index (χ1) is 18.3. The van der Waals surface area contributed by atoms with Crippen LogP contribution in [0.1, 0.15) is 43.6 Å². The molecule has 0 atom stereocenters. The molecule has 1 fully saturated rings. The summed E-state index contributed by atoms with van der Waals surface area (Å²) in [6.07, 6.45) is 0.818. The number of amidine groups is 1. The molecule has 1 aliphatic heterocycles. The van der Waals surface area contributed by atoms with Crippen molar-refractivity contribution in [3.8, 4) is 17.0 Å². The molecule has 1 saturated carbocycles. The smallest absolute Gasteiger partial charge is 0.406 e. The molecule has 3 N–H and O–H groups in total. The molecule has 3 aromatic rings. The van der Waals surface area contributed by atoms with Crippen molar-refractivity contribution >= 4 is 35.3 Å². The Bertz CT molecular complexity index is 1480. The summed E-state index contributed by atoms with van der Waals surface area (Å²) in [6.45, 7) is 5.54. The number of benzene rings is 1. The number of anilines is 1. The Hall–Kier alpha value is -3.64. The summed E-state index contributed by atoms with van der Waals surface area (Å²) in [4.78, 5) is 4.57. The highest BCUT2D eigenvalue weighted by Gasteiger charge is 2.32. The van der Waals surface area contributed by atoms with Gasteiger partial charge < -0.3 is 15.2 Å². The number of alkyl halides is 3. The lowest BCUT2D eigenvalue weighted by molar-refractivity contribution is -0.274. The third-order valence-corrected chi connectivity index (χ3v) is 6.82. The van der Waals surface area contributed by atoms with Crippen LogP contribution in [0.4, 0.5) is 19.0 Å². The molecule has 1 aromatic carbocycles. The van der Waals surface area contributed by atoms with Crippen molar-refractivity contribution in [2.75, 3.05) is 5.32 Å². The number of fused-ring (bicyclic) bond motifs is 1. The van der Waals surface area contributed by atoms with Crippen molar-refractivity contribution in [2.24, 2.45) is 10.9 Å². The quantitative estimate of drug-likeness (QED) is 0.354. The van der Waals surface area contributed by atoms with Gasteiger partial charge in [0.25, 0.3) is 0 Å². The molecule has 3 heterocycles. The first-order valence-corrected chi connectivity index (χ1v) is 12.7. The predicted molar refractivity (Wildman–Crippen MR) is 142 cm³/mol. The number of aliphatic imine (C=N–C) groups is 1. The molecule has 2 aromatic heterocycles. The van der Waals surface area contributed by atoms with E-state index in [0.717, 1.165) is 18.4 Å². The summed E-state index contributed by atoms with van der Waals surface area (Å²) in [6, 6.07) is 5.53. The van der Waals surface area contributed by atoms with E-state index >= 15 is 0 Å². The fourth-order valence-corrected chi connectivity index (χ4v) is 4.78. The topological polar surface area (TPSA) is 113 Å². The molecule has 0 bridgehead atoms. The highest BCUT2D eigenvalue weighted by Crippen LogP contribution is 2.37. The lowest BCUT2D eigenvalue weighted by Gasteiger charge is -2.20. The fraction of sp³-hybridized carbons (Fsp3) is 0.385. The van der Waals surface area contributed by atoms with E-state index in [2.05, 4.69) is 20.1 Å². The number of hydrogen-bond donors (Lipinski definition) is 3.